The molecule has 2 aromatic heterocycles. The molecule has 0 saturated heterocycles. The number of aromatic amines is 1. The summed E-state index contributed by atoms with van der Waals surface area (Å²) in [4.78, 5) is 9.56. The Labute approximate surface area is 87.4 Å². The van der Waals surface area contributed by atoms with Crippen molar-refractivity contribution < 1.29 is 9.50 Å². The van der Waals surface area contributed by atoms with Gasteiger partial charge in [-0.3, -0.25) is 0 Å². The van der Waals surface area contributed by atoms with Crippen LogP contribution in [0.4, 0.5) is 4.39 Å². The van der Waals surface area contributed by atoms with Crippen molar-refractivity contribution in [3.05, 3.63) is 21.9 Å². The van der Waals surface area contributed by atoms with E-state index in [4.69, 9.17) is 11.6 Å². The second-order valence-corrected chi connectivity index (χ2v) is 3.26. The molecule has 0 saturated carbocycles. The van der Waals surface area contributed by atoms with Gasteiger partial charge in [-0.15, -0.1) is 0 Å². The number of halogens is 2. The Bertz CT molecular complexity index is 571. The molecule has 0 fully saturated rings. The number of rotatable bonds is 0. The molecule has 0 bridgehead atoms. The van der Waals surface area contributed by atoms with Crippen LogP contribution in [-0.4, -0.2) is 20.1 Å². The number of hydrogen-bond acceptors (Lipinski definition) is 4. The molecule has 0 atom stereocenters. The summed E-state index contributed by atoms with van der Waals surface area (Å²) >= 11 is 10.1. The van der Waals surface area contributed by atoms with Gasteiger partial charge in [0.25, 0.3) is 0 Å². The Kier molecular flexibility index (Phi) is 2.09. The van der Waals surface area contributed by atoms with Crippen LogP contribution in [0.3, 0.4) is 0 Å². The maximum absolute atomic E-state index is 13.3. The lowest BCUT2D eigenvalue weighted by Gasteiger charge is -2.01. The van der Waals surface area contributed by atoms with Crippen molar-refractivity contribution in [3.8, 4) is 5.88 Å². The molecule has 0 aliphatic heterocycles. The highest BCUT2D eigenvalue weighted by Gasteiger charge is 2.10. The highest BCUT2D eigenvalue weighted by atomic mass is 35.5. The molecule has 0 aliphatic carbocycles. The molecular weight excluding hydrogens is 229 g/mol. The lowest BCUT2D eigenvalue weighted by molar-refractivity contribution is 0.458. The molecule has 2 rings (SSSR count). The van der Waals surface area contributed by atoms with Gasteiger partial charge in [0.15, 0.2) is 11.0 Å². The van der Waals surface area contributed by atoms with Crippen LogP contribution in [-0.2, 0) is 0 Å². The van der Waals surface area contributed by atoms with Crippen molar-refractivity contribution in [2.45, 2.75) is 0 Å². The molecule has 72 valence electrons. The van der Waals surface area contributed by atoms with Gasteiger partial charge in [-0.25, -0.2) is 9.37 Å². The minimum Gasteiger partial charge on any atom is -0.493 e. The molecule has 0 radical (unpaired) electrons. The monoisotopic (exact) mass is 231 g/mol. The van der Waals surface area contributed by atoms with Gasteiger partial charge in [0.05, 0.1) is 10.9 Å². The van der Waals surface area contributed by atoms with E-state index in [0.29, 0.717) is 0 Å². The van der Waals surface area contributed by atoms with Crippen LogP contribution in [0, 0.1) is 10.6 Å². The number of aromatic nitrogens is 3. The summed E-state index contributed by atoms with van der Waals surface area (Å²) in [6.45, 7) is 0. The average Bonchev–Trinajstić information content (AvgIpc) is 2.12. The summed E-state index contributed by atoms with van der Waals surface area (Å²) < 4.78 is 13.3. The van der Waals surface area contributed by atoms with Gasteiger partial charge in [-0.05, 0) is 12.2 Å². The smallest absolute Gasteiger partial charge is 0.224 e. The van der Waals surface area contributed by atoms with Crippen molar-refractivity contribution in [1.29, 1.82) is 0 Å². The first-order valence-electron chi connectivity index (χ1n) is 3.52. The largest absolute Gasteiger partial charge is 0.493 e. The second kappa shape index (κ2) is 3.14. The van der Waals surface area contributed by atoms with Crippen LogP contribution in [0.2, 0.25) is 5.15 Å². The van der Waals surface area contributed by atoms with Crippen molar-refractivity contribution in [3.63, 3.8) is 0 Å². The van der Waals surface area contributed by atoms with Crippen LogP contribution in [0.5, 0.6) is 5.88 Å². The average molecular weight is 232 g/mol. The first kappa shape index (κ1) is 9.29. The summed E-state index contributed by atoms with van der Waals surface area (Å²) in [6.07, 6.45) is 1.22. The number of nitrogens with one attached hydrogen (secondary N) is 1. The zero-order valence-electron chi connectivity index (χ0n) is 6.58. The van der Waals surface area contributed by atoms with Gasteiger partial charge >= 0.3 is 0 Å². The number of aromatic hydroxyl groups is 1. The Balaban J connectivity index is 3.02. The molecule has 7 heteroatoms. The lowest BCUT2D eigenvalue weighted by atomic mass is 10.3. The van der Waals surface area contributed by atoms with Gasteiger partial charge in [-0.2, -0.15) is 4.98 Å². The topological polar surface area (TPSA) is 61.8 Å². The third kappa shape index (κ3) is 1.32. The SMILES string of the molecule is Oc1nc(=S)[nH]c2c(F)c(Cl)ncc12. The lowest BCUT2D eigenvalue weighted by Crippen LogP contribution is -1.92. The van der Waals surface area contributed by atoms with Crippen molar-refractivity contribution in [1.82, 2.24) is 15.0 Å². The summed E-state index contributed by atoms with van der Waals surface area (Å²) in [5.74, 6) is -1.13. The van der Waals surface area contributed by atoms with Gasteiger partial charge < -0.3 is 10.1 Å². The zero-order valence-corrected chi connectivity index (χ0v) is 8.16. The fraction of sp³-hybridized carbons (Fsp3) is 0. The Morgan fingerprint density at radius 1 is 1.57 bits per heavy atom. The maximum atomic E-state index is 13.3. The van der Waals surface area contributed by atoms with Crippen molar-refractivity contribution in [2.24, 2.45) is 0 Å². The molecule has 2 N–H and O–H groups in total. The fourth-order valence-electron chi connectivity index (χ4n) is 1.05. The highest BCUT2D eigenvalue weighted by Crippen LogP contribution is 2.24. The van der Waals surface area contributed by atoms with E-state index in [1.807, 2.05) is 0 Å². The predicted octanol–water partition coefficient (Wildman–Crippen LogP) is 2.19. The molecule has 4 nitrogen and oxygen atoms in total. The number of hydrogen-bond donors (Lipinski definition) is 2. The number of fused-ring (bicyclic) bond motifs is 1. The minimum absolute atomic E-state index is 0.00231. The van der Waals surface area contributed by atoms with E-state index in [0.717, 1.165) is 0 Å². The summed E-state index contributed by atoms with van der Waals surface area (Å²) in [5.41, 5.74) is 0.00231. The van der Waals surface area contributed by atoms with Crippen molar-refractivity contribution in [2.75, 3.05) is 0 Å². The van der Waals surface area contributed by atoms with E-state index in [1.165, 1.54) is 6.20 Å². The third-order valence-electron chi connectivity index (χ3n) is 1.66. The van der Waals surface area contributed by atoms with Crippen molar-refractivity contribution >= 4 is 34.7 Å². The molecule has 2 heterocycles. The Morgan fingerprint density at radius 2 is 2.29 bits per heavy atom. The normalized spacial score (nSPS) is 10.7. The molecular formula is C7H3ClFN3OS. The molecule has 0 amide bonds. The van der Waals surface area contributed by atoms with E-state index in [2.05, 4.69) is 27.2 Å². The number of nitrogens with zero attached hydrogens (tertiary/aromatic N) is 2. The van der Waals surface area contributed by atoms with Gasteiger partial charge in [-0.1, -0.05) is 11.6 Å². The van der Waals surface area contributed by atoms with Gasteiger partial charge in [0.2, 0.25) is 10.7 Å². The standard InChI is InChI=1S/C7H3ClFN3OS/c8-5-3(9)4-2(1-10-5)6(13)12-7(14)11-4/h1H,(H2,11,12,13,14). The van der Waals surface area contributed by atoms with E-state index in [9.17, 15) is 9.50 Å². The van der Waals surface area contributed by atoms with Gasteiger partial charge in [0, 0.05) is 6.20 Å². The van der Waals surface area contributed by atoms with E-state index >= 15 is 0 Å². The molecule has 0 aliphatic rings. The maximum Gasteiger partial charge on any atom is 0.224 e. The molecule has 14 heavy (non-hydrogen) atoms. The fourth-order valence-corrected chi connectivity index (χ4v) is 1.38. The van der Waals surface area contributed by atoms with Crippen LogP contribution < -0.4 is 0 Å². The van der Waals surface area contributed by atoms with E-state index in [1.54, 1.807) is 0 Å². The Hall–Kier alpha value is -1.27. The molecule has 0 aromatic carbocycles. The molecule has 2 aromatic rings. The predicted molar refractivity (Wildman–Crippen MR) is 51.4 cm³/mol. The summed E-state index contributed by atoms with van der Waals surface area (Å²) in [5, 5.41) is 9.18. The second-order valence-electron chi connectivity index (χ2n) is 2.52. The number of pyridine rings is 1. The first-order chi connectivity index (χ1) is 6.59. The van der Waals surface area contributed by atoms with Crippen LogP contribution in [0.1, 0.15) is 0 Å². The quantitative estimate of drug-likeness (QED) is 0.539. The van der Waals surface area contributed by atoms with Crippen LogP contribution >= 0.6 is 23.8 Å². The summed E-state index contributed by atoms with van der Waals surface area (Å²) in [6, 6.07) is 0. The van der Waals surface area contributed by atoms with Gasteiger partial charge in [0.1, 0.15) is 0 Å². The molecule has 0 spiro atoms. The van der Waals surface area contributed by atoms with Crippen LogP contribution in [0.15, 0.2) is 6.20 Å². The van der Waals surface area contributed by atoms with E-state index < -0.39 is 5.82 Å². The zero-order chi connectivity index (χ0) is 10.3. The summed E-state index contributed by atoms with van der Waals surface area (Å²) in [7, 11) is 0. The first-order valence-corrected chi connectivity index (χ1v) is 4.31. The molecule has 0 unspecified atom stereocenters. The highest BCUT2D eigenvalue weighted by molar-refractivity contribution is 7.71. The third-order valence-corrected chi connectivity index (χ3v) is 2.11. The van der Waals surface area contributed by atoms with Crippen LogP contribution in [0.25, 0.3) is 10.9 Å². The Morgan fingerprint density at radius 3 is 3.00 bits per heavy atom. The number of H-pyrrole nitrogens is 1. The van der Waals surface area contributed by atoms with E-state index in [-0.39, 0.29) is 26.7 Å². The minimum atomic E-state index is -0.757.